The molecule has 0 bridgehead atoms. The molecule has 222 valence electrons. The van der Waals surface area contributed by atoms with E-state index in [0.29, 0.717) is 5.78 Å². The van der Waals surface area contributed by atoms with Gasteiger partial charge in [0, 0.05) is 34.3 Å². The van der Waals surface area contributed by atoms with Crippen molar-refractivity contribution >= 4 is 39.9 Å². The Balaban J connectivity index is 1.12. The van der Waals surface area contributed by atoms with Gasteiger partial charge in [-0.25, -0.2) is 9.97 Å². The van der Waals surface area contributed by atoms with Crippen molar-refractivity contribution in [2.75, 3.05) is 9.80 Å². The minimum atomic E-state index is 0.671. The Kier molecular flexibility index (Phi) is 6.39. The van der Waals surface area contributed by atoms with Gasteiger partial charge in [-0.15, -0.1) is 0 Å². The molecule has 0 radical (unpaired) electrons. The van der Waals surface area contributed by atoms with E-state index < -0.39 is 0 Å². The first-order valence-corrected chi connectivity index (χ1v) is 15.8. The monoisotopic (exact) mass is 603 g/mol. The van der Waals surface area contributed by atoms with Gasteiger partial charge in [0.1, 0.15) is 0 Å². The summed E-state index contributed by atoms with van der Waals surface area (Å²) >= 11 is 0. The average molecular weight is 604 g/mol. The summed E-state index contributed by atoms with van der Waals surface area (Å²) in [5, 5.41) is 0. The predicted molar refractivity (Wildman–Crippen MR) is 192 cm³/mol. The summed E-state index contributed by atoms with van der Waals surface area (Å²) in [6.45, 7) is 0. The van der Waals surface area contributed by atoms with Gasteiger partial charge in [0.2, 0.25) is 5.78 Å². The lowest BCUT2D eigenvalue weighted by molar-refractivity contribution is 1.12. The van der Waals surface area contributed by atoms with Crippen LogP contribution in [0.4, 0.5) is 34.1 Å². The second-order valence-electron chi connectivity index (χ2n) is 11.6. The number of aromatic nitrogens is 3. The number of anilines is 6. The lowest BCUT2D eigenvalue weighted by Crippen LogP contribution is -2.23. The Morgan fingerprint density at radius 3 is 1.38 bits per heavy atom. The van der Waals surface area contributed by atoms with E-state index in [1.807, 2.05) is 24.3 Å². The van der Waals surface area contributed by atoms with Crippen molar-refractivity contribution in [3.63, 3.8) is 0 Å². The predicted octanol–water partition coefficient (Wildman–Crippen LogP) is 11.0. The molecule has 0 saturated carbocycles. The van der Waals surface area contributed by atoms with E-state index in [1.54, 1.807) is 0 Å². The van der Waals surface area contributed by atoms with Gasteiger partial charge in [0.25, 0.3) is 0 Å². The number of rotatable bonds is 5. The summed E-state index contributed by atoms with van der Waals surface area (Å²) in [7, 11) is 0. The highest BCUT2D eigenvalue weighted by atomic mass is 15.3. The highest BCUT2D eigenvalue weighted by Gasteiger charge is 2.30. The van der Waals surface area contributed by atoms with E-state index in [0.717, 1.165) is 67.9 Å². The first-order chi connectivity index (χ1) is 23.3. The minimum absolute atomic E-state index is 0.671. The van der Waals surface area contributed by atoms with Crippen LogP contribution in [0.3, 0.4) is 0 Å². The maximum absolute atomic E-state index is 5.07. The van der Waals surface area contributed by atoms with E-state index in [9.17, 15) is 0 Å². The molecule has 0 fully saturated rings. The molecule has 0 amide bonds. The van der Waals surface area contributed by atoms with Gasteiger partial charge in [-0.2, -0.15) is 0 Å². The van der Waals surface area contributed by atoms with Crippen LogP contribution in [-0.2, 0) is 0 Å². The van der Waals surface area contributed by atoms with Gasteiger partial charge in [0.15, 0.2) is 0 Å². The molecule has 3 heterocycles. The molecular formula is C42H29N5. The molecule has 9 rings (SSSR count). The minimum Gasteiger partial charge on any atom is -0.306 e. The maximum Gasteiger partial charge on any atom is 0.235 e. The van der Waals surface area contributed by atoms with Gasteiger partial charge in [-0.05, 0) is 54.6 Å². The number of benzene rings is 6. The first-order valence-electron chi connectivity index (χ1n) is 15.8. The van der Waals surface area contributed by atoms with Crippen molar-refractivity contribution in [3.05, 3.63) is 176 Å². The van der Waals surface area contributed by atoms with Crippen LogP contribution in [0.2, 0.25) is 0 Å². The van der Waals surface area contributed by atoms with Crippen LogP contribution in [0.5, 0.6) is 0 Å². The molecule has 0 aliphatic carbocycles. The number of imidazole rings is 1. The molecule has 5 nitrogen and oxygen atoms in total. The summed E-state index contributed by atoms with van der Waals surface area (Å²) in [6, 6.07) is 59.2. The van der Waals surface area contributed by atoms with E-state index in [1.165, 1.54) is 0 Å². The zero-order chi connectivity index (χ0) is 31.2. The Labute approximate surface area is 273 Å². The molecule has 8 aromatic rings. The van der Waals surface area contributed by atoms with Crippen molar-refractivity contribution in [2.45, 2.75) is 0 Å². The van der Waals surface area contributed by atoms with Gasteiger partial charge < -0.3 is 9.80 Å². The highest BCUT2D eigenvalue weighted by molar-refractivity contribution is 6.01. The van der Waals surface area contributed by atoms with Crippen LogP contribution in [0, 0.1) is 0 Å². The third-order valence-electron chi connectivity index (χ3n) is 8.75. The fourth-order valence-corrected chi connectivity index (χ4v) is 6.62. The van der Waals surface area contributed by atoms with Crippen LogP contribution < -0.4 is 9.80 Å². The molecule has 0 unspecified atom stereocenters. The van der Waals surface area contributed by atoms with Crippen molar-refractivity contribution in [1.82, 2.24) is 14.4 Å². The van der Waals surface area contributed by atoms with Crippen LogP contribution in [0.15, 0.2) is 176 Å². The van der Waals surface area contributed by atoms with Crippen molar-refractivity contribution < 1.29 is 0 Å². The molecule has 0 spiro atoms. The van der Waals surface area contributed by atoms with Crippen molar-refractivity contribution in [3.8, 4) is 33.8 Å². The summed E-state index contributed by atoms with van der Waals surface area (Å²) < 4.78 is 2.09. The Morgan fingerprint density at radius 1 is 0.362 bits per heavy atom. The molecule has 2 aromatic heterocycles. The maximum atomic E-state index is 5.07. The Bertz CT molecular complexity index is 2300. The molecule has 0 saturated heterocycles. The number of hydrogen-bond acceptors (Lipinski definition) is 4. The molecular weight excluding hydrogens is 574 g/mol. The Hall–Kier alpha value is -6.46. The van der Waals surface area contributed by atoms with Crippen LogP contribution in [0.25, 0.3) is 39.5 Å². The number of para-hydroxylation sites is 5. The van der Waals surface area contributed by atoms with E-state index in [-0.39, 0.29) is 0 Å². The van der Waals surface area contributed by atoms with Crippen LogP contribution >= 0.6 is 0 Å². The normalized spacial score (nSPS) is 12.2. The number of nitrogens with zero attached hydrogens (tertiary/aromatic N) is 5. The fraction of sp³-hybridized carbons (Fsp3) is 0. The molecule has 6 aromatic carbocycles. The Morgan fingerprint density at radius 2 is 0.830 bits per heavy atom. The quantitative estimate of drug-likeness (QED) is 0.196. The average Bonchev–Trinajstić information content (AvgIpc) is 3.54. The molecule has 0 N–H and O–H groups in total. The van der Waals surface area contributed by atoms with E-state index in [4.69, 9.17) is 9.97 Å². The highest BCUT2D eigenvalue weighted by Crippen LogP contribution is 2.53. The molecule has 5 heteroatoms. The van der Waals surface area contributed by atoms with Gasteiger partial charge in [-0.1, -0.05) is 115 Å². The largest absolute Gasteiger partial charge is 0.306 e. The van der Waals surface area contributed by atoms with Crippen LogP contribution in [-0.4, -0.2) is 14.4 Å². The third-order valence-corrected chi connectivity index (χ3v) is 8.75. The number of hydrogen-bond donors (Lipinski definition) is 0. The molecule has 1 aliphatic rings. The second kappa shape index (κ2) is 11.2. The standard InChI is InChI=1S/C42H29N5/c1-4-14-31(15-5-1)40-41(32-16-6-2-7-17-32)45-29-28-35(43-42(45)44-40)30-24-26-34(27-25-30)47-38-22-12-10-20-36(38)46(33-18-8-3-9-19-33)37-21-11-13-23-39(37)47/h1-29H. The smallest absolute Gasteiger partial charge is 0.235 e. The van der Waals surface area contributed by atoms with E-state index in [2.05, 4.69) is 166 Å². The van der Waals surface area contributed by atoms with E-state index >= 15 is 0 Å². The zero-order valence-electron chi connectivity index (χ0n) is 25.5. The zero-order valence-corrected chi connectivity index (χ0v) is 25.5. The van der Waals surface area contributed by atoms with Crippen molar-refractivity contribution in [2.24, 2.45) is 0 Å². The molecule has 1 aliphatic heterocycles. The molecule has 47 heavy (non-hydrogen) atoms. The van der Waals surface area contributed by atoms with Gasteiger partial charge in [0.05, 0.1) is 39.8 Å². The third kappa shape index (κ3) is 4.56. The van der Waals surface area contributed by atoms with Gasteiger partial charge >= 0.3 is 0 Å². The fourth-order valence-electron chi connectivity index (χ4n) is 6.62. The van der Waals surface area contributed by atoms with Gasteiger partial charge in [-0.3, -0.25) is 4.40 Å². The first kappa shape index (κ1) is 26.9. The van der Waals surface area contributed by atoms with Crippen LogP contribution in [0.1, 0.15) is 0 Å². The topological polar surface area (TPSA) is 36.7 Å². The molecule has 0 atom stereocenters. The number of fused-ring (bicyclic) bond motifs is 3. The van der Waals surface area contributed by atoms with Crippen molar-refractivity contribution in [1.29, 1.82) is 0 Å². The lowest BCUT2D eigenvalue weighted by Gasteiger charge is -2.40. The second-order valence-corrected chi connectivity index (χ2v) is 11.6. The summed E-state index contributed by atoms with van der Waals surface area (Å²) in [5.41, 5.74) is 12.8. The summed E-state index contributed by atoms with van der Waals surface area (Å²) in [6.07, 6.45) is 2.09. The summed E-state index contributed by atoms with van der Waals surface area (Å²) in [4.78, 5) is 14.8. The summed E-state index contributed by atoms with van der Waals surface area (Å²) in [5.74, 6) is 0.671. The lowest BCUT2D eigenvalue weighted by atomic mass is 10.0. The SMILES string of the molecule is c1ccc(-c2nc3nc(-c4ccc(N5c6ccccc6N(c6ccccc6)c6ccccc65)cc4)ccn3c2-c2ccccc2)cc1.